The van der Waals surface area contributed by atoms with Gasteiger partial charge in [0.05, 0.1) is 22.4 Å². The van der Waals surface area contributed by atoms with Crippen LogP contribution in [0.15, 0.2) is 34.8 Å². The molecule has 0 aromatic heterocycles. The maximum Gasteiger partial charge on any atom is 0.270 e. The van der Waals surface area contributed by atoms with Crippen LogP contribution in [0.25, 0.3) is 0 Å². The van der Waals surface area contributed by atoms with E-state index in [1.807, 2.05) is 0 Å². The zero-order valence-corrected chi connectivity index (χ0v) is 13.6. The number of carbonyl (C=O) groups excluding carboxylic acids is 2. The van der Waals surface area contributed by atoms with Gasteiger partial charge in [-0.2, -0.15) is 0 Å². The summed E-state index contributed by atoms with van der Waals surface area (Å²) in [6, 6.07) is 4.10. The number of amides is 2. The predicted molar refractivity (Wildman–Crippen MR) is 85.6 cm³/mol. The quantitative estimate of drug-likeness (QED) is 0.343. The number of anilines is 1. The lowest BCUT2D eigenvalue weighted by Gasteiger charge is -2.38. The molecule has 1 aromatic carbocycles. The summed E-state index contributed by atoms with van der Waals surface area (Å²) in [5, 5.41) is 10.8. The molecule has 0 N–H and O–H groups in total. The van der Waals surface area contributed by atoms with Crippen LogP contribution in [0.5, 0.6) is 0 Å². The first-order chi connectivity index (χ1) is 11.0. The number of nitro groups is 1. The highest BCUT2D eigenvalue weighted by Crippen LogP contribution is 2.51. The minimum absolute atomic E-state index is 0.0844. The molecule has 7 heteroatoms. The smallest absolute Gasteiger partial charge is 0.270 e. The van der Waals surface area contributed by atoms with Crippen molar-refractivity contribution < 1.29 is 14.5 Å². The van der Waals surface area contributed by atoms with Gasteiger partial charge in [0.2, 0.25) is 11.8 Å². The molecule has 1 aromatic rings. The van der Waals surface area contributed by atoms with Crippen molar-refractivity contribution in [3.8, 4) is 0 Å². The van der Waals surface area contributed by atoms with Crippen molar-refractivity contribution in [2.24, 2.45) is 23.7 Å². The number of nitrogens with zero attached hydrogens (tertiary/aromatic N) is 2. The first-order valence-electron chi connectivity index (χ1n) is 7.49. The van der Waals surface area contributed by atoms with Gasteiger partial charge in [-0.15, -0.1) is 0 Å². The van der Waals surface area contributed by atoms with Gasteiger partial charge < -0.3 is 0 Å². The molecule has 4 aliphatic rings. The average Bonchev–Trinajstić information content (AvgIpc) is 2.82. The van der Waals surface area contributed by atoms with Crippen LogP contribution in [0.1, 0.15) is 12.8 Å². The van der Waals surface area contributed by atoms with E-state index >= 15 is 0 Å². The van der Waals surface area contributed by atoms with Crippen molar-refractivity contribution in [3.63, 3.8) is 0 Å². The first kappa shape index (κ1) is 14.6. The molecule has 23 heavy (non-hydrogen) atoms. The molecule has 2 bridgehead atoms. The number of rotatable bonds is 2. The highest BCUT2D eigenvalue weighted by atomic mass is 79.9. The van der Waals surface area contributed by atoms with Gasteiger partial charge in [-0.3, -0.25) is 19.7 Å². The van der Waals surface area contributed by atoms with Gasteiger partial charge >= 0.3 is 0 Å². The number of imide groups is 1. The van der Waals surface area contributed by atoms with Gasteiger partial charge in [-0.1, -0.05) is 12.2 Å². The largest absolute Gasteiger partial charge is 0.274 e. The Morgan fingerprint density at radius 1 is 1.09 bits per heavy atom. The van der Waals surface area contributed by atoms with E-state index in [0.29, 0.717) is 10.2 Å². The fraction of sp³-hybridized carbons (Fsp3) is 0.375. The lowest BCUT2D eigenvalue weighted by molar-refractivity contribution is -0.384. The zero-order chi connectivity index (χ0) is 16.3. The maximum atomic E-state index is 12.8. The number of nitro benzene ring substituents is 1. The molecule has 1 aliphatic heterocycles. The van der Waals surface area contributed by atoms with E-state index in [1.165, 1.54) is 23.1 Å². The fourth-order valence-corrected chi connectivity index (χ4v) is 4.65. The maximum absolute atomic E-state index is 12.8. The van der Waals surface area contributed by atoms with Crippen LogP contribution in [0.4, 0.5) is 11.4 Å². The van der Waals surface area contributed by atoms with Crippen molar-refractivity contribution in [2.45, 2.75) is 12.8 Å². The predicted octanol–water partition coefficient (Wildman–Crippen LogP) is 3.06. The number of halogens is 1. The molecule has 3 aliphatic carbocycles. The van der Waals surface area contributed by atoms with Crippen LogP contribution < -0.4 is 4.90 Å². The Morgan fingerprint density at radius 2 is 1.65 bits per heavy atom. The Morgan fingerprint density at radius 3 is 2.09 bits per heavy atom. The van der Waals surface area contributed by atoms with Gasteiger partial charge in [0.1, 0.15) is 0 Å². The van der Waals surface area contributed by atoms with Crippen LogP contribution in [0.2, 0.25) is 0 Å². The molecule has 5 rings (SSSR count). The summed E-state index contributed by atoms with van der Waals surface area (Å²) in [5.41, 5.74) is 0.304. The molecule has 4 atom stereocenters. The van der Waals surface area contributed by atoms with E-state index in [2.05, 4.69) is 28.1 Å². The average molecular weight is 377 g/mol. The molecule has 118 valence electrons. The third kappa shape index (κ3) is 1.99. The van der Waals surface area contributed by atoms with Crippen LogP contribution >= 0.6 is 15.9 Å². The third-order valence-corrected chi connectivity index (χ3v) is 5.78. The number of hydrogen-bond acceptors (Lipinski definition) is 4. The molecule has 2 amide bonds. The Labute approximate surface area is 140 Å². The van der Waals surface area contributed by atoms with E-state index in [9.17, 15) is 19.7 Å². The molecule has 4 unspecified atom stereocenters. The Balaban J connectivity index is 1.75. The van der Waals surface area contributed by atoms with Crippen LogP contribution in [-0.4, -0.2) is 16.7 Å². The standard InChI is InChI=1S/C16H13BrN2O4/c17-11-7-10(19(22)23)5-6-12(11)18-15(20)13-8-1-2-9(4-3-8)14(13)16(18)21/h1-2,5-9,13-14H,3-4H2. The van der Waals surface area contributed by atoms with Crippen molar-refractivity contribution in [1.82, 2.24) is 0 Å². The zero-order valence-electron chi connectivity index (χ0n) is 12.0. The molecule has 0 radical (unpaired) electrons. The van der Waals surface area contributed by atoms with Gasteiger partial charge in [-0.25, -0.2) is 4.90 Å². The van der Waals surface area contributed by atoms with Gasteiger partial charge in [0.25, 0.3) is 5.69 Å². The summed E-state index contributed by atoms with van der Waals surface area (Å²) >= 11 is 3.26. The molecule has 0 spiro atoms. The molecule has 1 saturated heterocycles. The van der Waals surface area contributed by atoms with Gasteiger partial charge in [-0.05, 0) is 46.7 Å². The number of carbonyl (C=O) groups is 2. The molecular weight excluding hydrogens is 364 g/mol. The number of non-ortho nitro benzene ring substituents is 1. The Hall–Kier alpha value is -2.02. The number of hydrogen-bond donors (Lipinski definition) is 0. The summed E-state index contributed by atoms with van der Waals surface area (Å²) in [7, 11) is 0. The SMILES string of the molecule is O=C1C2C3C=CC(CC3)C2C(=O)N1c1ccc([N+](=O)[O-])cc1Br. The van der Waals surface area contributed by atoms with Crippen LogP contribution in [0.3, 0.4) is 0 Å². The monoisotopic (exact) mass is 376 g/mol. The minimum atomic E-state index is -0.508. The second-order valence-corrected chi connectivity index (χ2v) is 7.10. The van der Waals surface area contributed by atoms with Crippen molar-refractivity contribution in [2.75, 3.05) is 4.90 Å². The van der Waals surface area contributed by atoms with Gasteiger partial charge in [0.15, 0.2) is 0 Å². The third-order valence-electron chi connectivity index (χ3n) is 5.14. The summed E-state index contributed by atoms with van der Waals surface area (Å²) < 4.78 is 0.382. The van der Waals surface area contributed by atoms with Crippen LogP contribution in [0, 0.1) is 33.8 Å². The highest BCUT2D eigenvalue weighted by molar-refractivity contribution is 9.10. The van der Waals surface area contributed by atoms with E-state index in [1.54, 1.807) is 0 Å². The molecular formula is C16H13BrN2O4. The topological polar surface area (TPSA) is 80.5 Å². The summed E-state index contributed by atoms with van der Waals surface area (Å²) in [6.07, 6.45) is 6.01. The fourth-order valence-electron chi connectivity index (χ4n) is 4.10. The summed E-state index contributed by atoms with van der Waals surface area (Å²) in [5.74, 6) is -0.685. The summed E-state index contributed by atoms with van der Waals surface area (Å²) in [4.78, 5) is 37.2. The second-order valence-electron chi connectivity index (χ2n) is 6.25. The second kappa shape index (κ2) is 4.99. The van der Waals surface area contributed by atoms with Gasteiger partial charge in [0, 0.05) is 16.6 Å². The molecule has 1 saturated carbocycles. The van der Waals surface area contributed by atoms with E-state index < -0.39 is 4.92 Å². The van der Waals surface area contributed by atoms with Crippen molar-refractivity contribution in [3.05, 3.63) is 44.9 Å². The van der Waals surface area contributed by atoms with E-state index in [0.717, 1.165) is 12.8 Å². The van der Waals surface area contributed by atoms with Crippen molar-refractivity contribution in [1.29, 1.82) is 0 Å². The normalized spacial score (nSPS) is 31.6. The molecule has 2 fully saturated rings. The highest BCUT2D eigenvalue weighted by Gasteiger charge is 2.57. The Bertz CT molecular complexity index is 743. The lowest BCUT2D eigenvalue weighted by Crippen LogP contribution is -2.38. The number of fused-ring (bicyclic) bond motifs is 1. The van der Waals surface area contributed by atoms with E-state index in [-0.39, 0.29) is 41.2 Å². The first-order valence-corrected chi connectivity index (χ1v) is 8.28. The molecule has 6 nitrogen and oxygen atoms in total. The minimum Gasteiger partial charge on any atom is -0.274 e. The summed E-state index contributed by atoms with van der Waals surface area (Å²) in [6.45, 7) is 0. The number of allylic oxidation sites excluding steroid dienone is 2. The lowest BCUT2D eigenvalue weighted by atomic mass is 9.63. The van der Waals surface area contributed by atoms with Crippen molar-refractivity contribution >= 4 is 39.1 Å². The van der Waals surface area contributed by atoms with E-state index in [4.69, 9.17) is 0 Å². The Kier molecular flexibility index (Phi) is 3.16. The molecule has 1 heterocycles. The number of benzene rings is 1. The van der Waals surface area contributed by atoms with Crippen LogP contribution in [-0.2, 0) is 9.59 Å².